The predicted octanol–water partition coefficient (Wildman–Crippen LogP) is 6.05. The van der Waals surface area contributed by atoms with Crippen molar-refractivity contribution in [2.24, 2.45) is 0 Å². The van der Waals surface area contributed by atoms with Crippen LogP contribution in [0.25, 0.3) is 0 Å². The van der Waals surface area contributed by atoms with E-state index in [-0.39, 0.29) is 21.1 Å². The fraction of sp³-hybridized carbons (Fsp3) is 0.333. The summed E-state index contributed by atoms with van der Waals surface area (Å²) >= 11 is 0. The maximum absolute atomic E-state index is 2.89. The largest absolute Gasteiger partial charge is 2.00 e. The van der Waals surface area contributed by atoms with Gasteiger partial charge < -0.3 is 0 Å². The standard InChI is InChI=1S/2C6H5.3C2H6.W/c2*1-2-4-6-5-3-1;3*1-2;/h2*1-5H;3*1-2H3;/q2*-1;;;;+2. The summed E-state index contributed by atoms with van der Waals surface area (Å²) < 4.78 is 0. The van der Waals surface area contributed by atoms with Crippen LogP contribution in [0.2, 0.25) is 0 Å². The quantitative estimate of drug-likeness (QED) is 0.449. The van der Waals surface area contributed by atoms with Gasteiger partial charge in [0.2, 0.25) is 0 Å². The Bertz CT molecular complexity index is 181. The van der Waals surface area contributed by atoms with Gasteiger partial charge in [-0.2, -0.15) is 72.8 Å². The first kappa shape index (κ1) is 26.6. The molecule has 0 aliphatic heterocycles. The van der Waals surface area contributed by atoms with Crippen LogP contribution in [0.5, 0.6) is 0 Å². The summed E-state index contributed by atoms with van der Waals surface area (Å²) in [6.45, 7) is 12.0. The van der Waals surface area contributed by atoms with Gasteiger partial charge >= 0.3 is 21.1 Å². The fourth-order valence-electron chi connectivity index (χ4n) is 0.684. The van der Waals surface area contributed by atoms with Crippen LogP contribution in [0.3, 0.4) is 0 Å². The molecule has 0 nitrogen and oxygen atoms in total. The molecular weight excluding hydrogens is 400 g/mol. The van der Waals surface area contributed by atoms with Gasteiger partial charge in [-0.15, -0.1) is 0 Å². The Balaban J connectivity index is -0.0000000825. The molecule has 0 bridgehead atoms. The topological polar surface area (TPSA) is 0 Å². The van der Waals surface area contributed by atoms with Crippen molar-refractivity contribution in [3.8, 4) is 0 Å². The molecule has 0 aromatic heterocycles. The SMILES string of the molecule is CC.CC.CC.[W+2].[c-]1ccccc1.[c-]1ccccc1. The maximum Gasteiger partial charge on any atom is 2.00 e. The predicted molar refractivity (Wildman–Crippen MR) is 84.6 cm³/mol. The normalized spacial score (nSPS) is 6.00. The second-order valence-electron chi connectivity index (χ2n) is 2.15. The van der Waals surface area contributed by atoms with Crippen LogP contribution >= 0.6 is 0 Å². The Kier molecular flexibility index (Phi) is 50.5. The first-order valence-electron chi connectivity index (χ1n) is 6.82. The van der Waals surface area contributed by atoms with Crippen molar-refractivity contribution >= 4 is 0 Å². The molecule has 0 heterocycles. The zero-order valence-electron chi connectivity index (χ0n) is 13.2. The third kappa shape index (κ3) is 31.7. The maximum atomic E-state index is 2.89. The zero-order chi connectivity index (χ0) is 14.5. The molecule has 2 rings (SSSR count). The first-order chi connectivity index (χ1) is 9.00. The van der Waals surface area contributed by atoms with Crippen molar-refractivity contribution in [1.29, 1.82) is 0 Å². The van der Waals surface area contributed by atoms with Gasteiger partial charge in [0.1, 0.15) is 0 Å². The molecule has 0 aliphatic carbocycles. The molecule has 0 unspecified atom stereocenters. The van der Waals surface area contributed by atoms with Crippen molar-refractivity contribution in [3.05, 3.63) is 72.8 Å². The Hall–Kier alpha value is -0.872. The smallest absolute Gasteiger partial charge is 0.184 e. The van der Waals surface area contributed by atoms with Gasteiger partial charge in [-0.1, -0.05) is 41.5 Å². The molecule has 0 aliphatic rings. The molecule has 0 saturated carbocycles. The molecule has 0 spiro atoms. The third-order valence-electron chi connectivity index (χ3n) is 1.21. The van der Waals surface area contributed by atoms with Crippen molar-refractivity contribution < 1.29 is 21.1 Å². The first-order valence-corrected chi connectivity index (χ1v) is 6.82. The molecular formula is C18H28W. The van der Waals surface area contributed by atoms with E-state index in [1.54, 1.807) is 0 Å². The molecule has 2 aromatic carbocycles. The summed E-state index contributed by atoms with van der Waals surface area (Å²) in [4.78, 5) is 0. The van der Waals surface area contributed by atoms with Gasteiger partial charge in [0.25, 0.3) is 0 Å². The van der Waals surface area contributed by atoms with E-state index in [2.05, 4.69) is 12.1 Å². The van der Waals surface area contributed by atoms with Gasteiger partial charge in [-0.3, -0.25) is 0 Å². The minimum absolute atomic E-state index is 0. The summed E-state index contributed by atoms with van der Waals surface area (Å²) in [5.41, 5.74) is 0. The Labute approximate surface area is 135 Å². The molecule has 0 atom stereocenters. The summed E-state index contributed by atoms with van der Waals surface area (Å²) in [5, 5.41) is 0. The van der Waals surface area contributed by atoms with Crippen molar-refractivity contribution in [1.82, 2.24) is 0 Å². The van der Waals surface area contributed by atoms with E-state index in [9.17, 15) is 0 Å². The fourth-order valence-corrected chi connectivity index (χ4v) is 0.684. The Morgan fingerprint density at radius 2 is 0.632 bits per heavy atom. The minimum Gasteiger partial charge on any atom is -0.184 e. The van der Waals surface area contributed by atoms with Crippen molar-refractivity contribution in [2.75, 3.05) is 0 Å². The van der Waals surface area contributed by atoms with Crippen molar-refractivity contribution in [2.45, 2.75) is 41.5 Å². The number of hydrogen-bond acceptors (Lipinski definition) is 0. The molecule has 0 fully saturated rings. The molecule has 0 radical (unpaired) electrons. The van der Waals surface area contributed by atoms with Crippen molar-refractivity contribution in [3.63, 3.8) is 0 Å². The van der Waals surface area contributed by atoms with Crippen LogP contribution in [-0.2, 0) is 21.1 Å². The molecule has 1 heteroatoms. The van der Waals surface area contributed by atoms with E-state index in [1.807, 2.05) is 102 Å². The molecule has 19 heavy (non-hydrogen) atoms. The second kappa shape index (κ2) is 36.0. The molecule has 0 amide bonds. The van der Waals surface area contributed by atoms with Gasteiger partial charge in [0.05, 0.1) is 0 Å². The van der Waals surface area contributed by atoms with Crippen LogP contribution in [0.4, 0.5) is 0 Å². The molecule has 2 aromatic rings. The van der Waals surface area contributed by atoms with E-state index in [1.165, 1.54) is 0 Å². The van der Waals surface area contributed by atoms with Gasteiger partial charge in [-0.05, 0) is 0 Å². The Morgan fingerprint density at radius 3 is 0.684 bits per heavy atom. The third-order valence-corrected chi connectivity index (χ3v) is 1.21. The van der Waals surface area contributed by atoms with Gasteiger partial charge in [0.15, 0.2) is 0 Å². The molecule has 0 saturated heterocycles. The summed E-state index contributed by atoms with van der Waals surface area (Å²) in [6, 6.07) is 25.0. The van der Waals surface area contributed by atoms with Crippen LogP contribution in [0.1, 0.15) is 41.5 Å². The molecule has 106 valence electrons. The average molecular weight is 428 g/mol. The second-order valence-corrected chi connectivity index (χ2v) is 2.15. The monoisotopic (exact) mass is 428 g/mol. The average Bonchev–Trinajstić information content (AvgIpc) is 2.57. The zero-order valence-corrected chi connectivity index (χ0v) is 16.1. The Morgan fingerprint density at radius 1 is 0.421 bits per heavy atom. The van der Waals surface area contributed by atoms with Crippen LogP contribution in [0.15, 0.2) is 60.7 Å². The summed E-state index contributed by atoms with van der Waals surface area (Å²) in [7, 11) is 0. The van der Waals surface area contributed by atoms with Crippen LogP contribution < -0.4 is 0 Å². The van der Waals surface area contributed by atoms with Crippen LogP contribution in [0, 0.1) is 12.1 Å². The van der Waals surface area contributed by atoms with E-state index >= 15 is 0 Å². The van der Waals surface area contributed by atoms with E-state index in [0.29, 0.717) is 0 Å². The number of benzene rings is 2. The minimum atomic E-state index is 0. The van der Waals surface area contributed by atoms with E-state index in [0.717, 1.165) is 0 Å². The number of rotatable bonds is 0. The van der Waals surface area contributed by atoms with E-state index in [4.69, 9.17) is 0 Å². The van der Waals surface area contributed by atoms with E-state index < -0.39 is 0 Å². The van der Waals surface area contributed by atoms with Gasteiger partial charge in [-0.25, -0.2) is 0 Å². The van der Waals surface area contributed by atoms with Crippen LogP contribution in [-0.4, -0.2) is 0 Å². The molecule has 0 N–H and O–H groups in total. The number of hydrogen-bond donors (Lipinski definition) is 0. The summed E-state index contributed by atoms with van der Waals surface area (Å²) in [5.74, 6) is 0. The van der Waals surface area contributed by atoms with Gasteiger partial charge in [0, 0.05) is 0 Å². The summed E-state index contributed by atoms with van der Waals surface area (Å²) in [6.07, 6.45) is 0.